The molecule has 7 aromatic carbocycles. The smallest absolute Gasteiger partial charge is 0.0541 e. The fourth-order valence-electron chi connectivity index (χ4n) is 7.71. The van der Waals surface area contributed by atoms with E-state index in [0.717, 1.165) is 6.42 Å². The molecule has 45 heavy (non-hydrogen) atoms. The summed E-state index contributed by atoms with van der Waals surface area (Å²) in [7, 11) is 0. The first kappa shape index (κ1) is 24.6. The minimum absolute atomic E-state index is 1.01. The fraction of sp³-hybridized carbons (Fsp3) is 0.0233. The molecule has 0 aliphatic heterocycles. The summed E-state index contributed by atoms with van der Waals surface area (Å²) < 4.78 is 4.83. The topological polar surface area (TPSA) is 9.86 Å². The molecule has 0 fully saturated rings. The summed E-state index contributed by atoms with van der Waals surface area (Å²) in [5.74, 6) is 0. The van der Waals surface area contributed by atoms with Crippen molar-refractivity contribution >= 4 is 43.6 Å². The van der Waals surface area contributed by atoms with Crippen molar-refractivity contribution < 1.29 is 0 Å². The van der Waals surface area contributed by atoms with E-state index in [-0.39, 0.29) is 0 Å². The SMILES string of the molecule is c1cc(-c2ccc3c(c2)c2ccccc2n3-c2ccc3c(c2)-c2ccccc2C3)cc(-n2c3ccccc3c3ccccc32)c1. The number of para-hydroxylation sites is 3. The van der Waals surface area contributed by atoms with E-state index >= 15 is 0 Å². The number of nitrogens with zero attached hydrogens (tertiary/aromatic N) is 2. The van der Waals surface area contributed by atoms with Gasteiger partial charge in [-0.2, -0.15) is 0 Å². The maximum atomic E-state index is 2.43. The van der Waals surface area contributed by atoms with E-state index in [9.17, 15) is 0 Å². The molecule has 2 heterocycles. The van der Waals surface area contributed by atoms with Crippen LogP contribution in [0.15, 0.2) is 158 Å². The van der Waals surface area contributed by atoms with Gasteiger partial charge in [-0.05, 0) is 94.4 Å². The molecule has 0 radical (unpaired) electrons. The van der Waals surface area contributed by atoms with Crippen LogP contribution in [-0.4, -0.2) is 9.13 Å². The minimum atomic E-state index is 1.01. The number of hydrogen-bond donors (Lipinski definition) is 0. The molecule has 210 valence electrons. The Balaban J connectivity index is 1.14. The molecular weight excluding hydrogens is 544 g/mol. The number of benzene rings is 7. The lowest BCUT2D eigenvalue weighted by molar-refractivity contribution is 1.17. The molecule has 2 nitrogen and oxygen atoms in total. The Morgan fingerprint density at radius 1 is 0.333 bits per heavy atom. The van der Waals surface area contributed by atoms with Crippen LogP contribution in [-0.2, 0) is 6.42 Å². The second-order valence-corrected chi connectivity index (χ2v) is 12.2. The Hall–Kier alpha value is -5.86. The van der Waals surface area contributed by atoms with Crippen molar-refractivity contribution in [3.63, 3.8) is 0 Å². The summed E-state index contributed by atoms with van der Waals surface area (Å²) in [6, 6.07) is 58.0. The van der Waals surface area contributed by atoms with Gasteiger partial charge in [-0.3, -0.25) is 0 Å². The summed E-state index contributed by atoms with van der Waals surface area (Å²) in [6.07, 6.45) is 1.01. The monoisotopic (exact) mass is 572 g/mol. The molecular formula is C43H28N2. The number of fused-ring (bicyclic) bond motifs is 9. The molecule has 9 aromatic rings. The Kier molecular flexibility index (Phi) is 5.09. The van der Waals surface area contributed by atoms with Crippen LogP contribution in [0.1, 0.15) is 11.1 Å². The summed E-state index contributed by atoms with van der Waals surface area (Å²) in [6.45, 7) is 0. The highest BCUT2D eigenvalue weighted by Gasteiger charge is 2.20. The third-order valence-electron chi connectivity index (χ3n) is 9.73. The molecule has 10 rings (SSSR count). The van der Waals surface area contributed by atoms with Crippen LogP contribution in [0.5, 0.6) is 0 Å². The maximum absolute atomic E-state index is 2.43. The van der Waals surface area contributed by atoms with Crippen molar-refractivity contribution in [3.05, 3.63) is 169 Å². The summed E-state index contributed by atoms with van der Waals surface area (Å²) in [4.78, 5) is 0. The highest BCUT2D eigenvalue weighted by molar-refractivity contribution is 6.11. The van der Waals surface area contributed by atoms with Gasteiger partial charge in [-0.15, -0.1) is 0 Å². The molecule has 1 aliphatic carbocycles. The van der Waals surface area contributed by atoms with E-state index in [1.165, 1.54) is 88.4 Å². The Morgan fingerprint density at radius 3 is 1.62 bits per heavy atom. The number of aromatic nitrogens is 2. The van der Waals surface area contributed by atoms with Gasteiger partial charge in [0.05, 0.1) is 22.1 Å². The zero-order chi connectivity index (χ0) is 29.5. The van der Waals surface area contributed by atoms with Crippen molar-refractivity contribution in [3.8, 4) is 33.6 Å². The first-order valence-electron chi connectivity index (χ1n) is 15.7. The van der Waals surface area contributed by atoms with Gasteiger partial charge >= 0.3 is 0 Å². The van der Waals surface area contributed by atoms with Gasteiger partial charge in [0, 0.05) is 32.9 Å². The van der Waals surface area contributed by atoms with Crippen LogP contribution in [0.4, 0.5) is 0 Å². The minimum Gasteiger partial charge on any atom is -0.309 e. The molecule has 0 atom stereocenters. The first-order chi connectivity index (χ1) is 22.3. The Labute approximate surface area is 261 Å². The predicted octanol–water partition coefficient (Wildman–Crippen LogP) is 11.1. The Morgan fingerprint density at radius 2 is 0.889 bits per heavy atom. The molecule has 0 spiro atoms. The first-order valence-corrected chi connectivity index (χ1v) is 15.7. The molecule has 0 bridgehead atoms. The molecule has 1 aliphatic rings. The van der Waals surface area contributed by atoms with E-state index in [4.69, 9.17) is 0 Å². The van der Waals surface area contributed by atoms with Crippen molar-refractivity contribution in [1.29, 1.82) is 0 Å². The fourth-order valence-corrected chi connectivity index (χ4v) is 7.71. The van der Waals surface area contributed by atoms with E-state index in [2.05, 4.69) is 167 Å². The van der Waals surface area contributed by atoms with Crippen molar-refractivity contribution in [2.75, 3.05) is 0 Å². The molecule has 0 N–H and O–H groups in total. The molecule has 2 heteroatoms. The van der Waals surface area contributed by atoms with Crippen LogP contribution >= 0.6 is 0 Å². The van der Waals surface area contributed by atoms with Gasteiger partial charge in [0.1, 0.15) is 0 Å². The standard InChI is InChI=1S/C43H28N2/c1-2-13-34-30(10-1)24-31-20-22-33(27-38(31)34)45-42-19-8-5-16-37(42)39-26-29(21-23-43(39)45)28-11-9-12-32(25-28)44-40-17-6-3-14-35(40)36-15-4-7-18-41(36)44/h1-23,25-27H,24H2. The number of hydrogen-bond acceptors (Lipinski definition) is 0. The zero-order valence-electron chi connectivity index (χ0n) is 24.6. The second-order valence-electron chi connectivity index (χ2n) is 12.2. The van der Waals surface area contributed by atoms with Crippen LogP contribution in [0.25, 0.3) is 77.2 Å². The van der Waals surface area contributed by atoms with E-state index in [0.29, 0.717) is 0 Å². The third kappa shape index (κ3) is 3.57. The largest absolute Gasteiger partial charge is 0.309 e. The zero-order valence-corrected chi connectivity index (χ0v) is 24.6. The van der Waals surface area contributed by atoms with Gasteiger partial charge in [-0.1, -0.05) is 103 Å². The Bertz CT molecular complexity index is 2580. The summed E-state index contributed by atoms with van der Waals surface area (Å²) in [5, 5.41) is 5.10. The predicted molar refractivity (Wildman–Crippen MR) is 189 cm³/mol. The van der Waals surface area contributed by atoms with Gasteiger partial charge in [0.15, 0.2) is 0 Å². The third-order valence-corrected chi connectivity index (χ3v) is 9.73. The molecule has 0 saturated carbocycles. The second kappa shape index (κ2) is 9.32. The van der Waals surface area contributed by atoms with Crippen LogP contribution in [0, 0.1) is 0 Å². The number of rotatable bonds is 3. The van der Waals surface area contributed by atoms with Crippen LogP contribution in [0.2, 0.25) is 0 Å². The lowest BCUT2D eigenvalue weighted by atomic mass is 10.0. The van der Waals surface area contributed by atoms with Gasteiger partial charge in [-0.25, -0.2) is 0 Å². The molecule has 0 unspecified atom stereocenters. The highest BCUT2D eigenvalue weighted by Crippen LogP contribution is 2.41. The van der Waals surface area contributed by atoms with E-state index in [1.54, 1.807) is 0 Å². The summed E-state index contributed by atoms with van der Waals surface area (Å²) in [5.41, 5.74) is 15.3. The lowest BCUT2D eigenvalue weighted by Gasteiger charge is -2.12. The van der Waals surface area contributed by atoms with Crippen molar-refractivity contribution in [2.45, 2.75) is 6.42 Å². The molecule has 2 aromatic heterocycles. The normalized spacial score (nSPS) is 12.4. The van der Waals surface area contributed by atoms with E-state index in [1.807, 2.05) is 0 Å². The summed E-state index contributed by atoms with van der Waals surface area (Å²) >= 11 is 0. The van der Waals surface area contributed by atoms with Gasteiger partial charge in [0.25, 0.3) is 0 Å². The van der Waals surface area contributed by atoms with Gasteiger partial charge < -0.3 is 9.13 Å². The lowest BCUT2D eigenvalue weighted by Crippen LogP contribution is -1.95. The van der Waals surface area contributed by atoms with Crippen LogP contribution in [0.3, 0.4) is 0 Å². The average Bonchev–Trinajstić information content (AvgIpc) is 3.75. The highest BCUT2D eigenvalue weighted by atomic mass is 15.0. The van der Waals surface area contributed by atoms with Crippen molar-refractivity contribution in [1.82, 2.24) is 9.13 Å². The maximum Gasteiger partial charge on any atom is 0.0541 e. The van der Waals surface area contributed by atoms with Crippen LogP contribution < -0.4 is 0 Å². The average molecular weight is 573 g/mol. The van der Waals surface area contributed by atoms with E-state index < -0.39 is 0 Å². The molecule has 0 amide bonds. The quantitative estimate of drug-likeness (QED) is 0.199. The van der Waals surface area contributed by atoms with Crippen molar-refractivity contribution in [2.24, 2.45) is 0 Å². The van der Waals surface area contributed by atoms with Gasteiger partial charge in [0.2, 0.25) is 0 Å². The molecule has 0 saturated heterocycles.